The summed E-state index contributed by atoms with van der Waals surface area (Å²) in [5, 5.41) is 0. The van der Waals surface area contributed by atoms with Gasteiger partial charge in [0.2, 0.25) is 0 Å². The van der Waals surface area contributed by atoms with Gasteiger partial charge < -0.3 is 10.7 Å². The number of nitrogens with two attached hydrogens (primary N) is 1. The molecule has 0 saturated heterocycles. The zero-order chi connectivity index (χ0) is 13.1. The monoisotopic (exact) mass is 242 g/mol. The lowest BCUT2D eigenvalue weighted by Gasteiger charge is -2.01. The molecular formula is C15H18N2O. The highest BCUT2D eigenvalue weighted by atomic mass is 16.1. The molecule has 1 amide bonds. The summed E-state index contributed by atoms with van der Waals surface area (Å²) in [5.74, 6) is -0.391. The fourth-order valence-electron chi connectivity index (χ4n) is 2.11. The Morgan fingerprint density at radius 1 is 1.28 bits per heavy atom. The van der Waals surface area contributed by atoms with Gasteiger partial charge in [-0.1, -0.05) is 37.6 Å². The number of carbonyl (C=O) groups excluding carboxylic acids is 1. The summed E-state index contributed by atoms with van der Waals surface area (Å²) in [6.07, 6.45) is 2.24. The van der Waals surface area contributed by atoms with Crippen molar-refractivity contribution in [2.45, 2.75) is 26.7 Å². The van der Waals surface area contributed by atoms with Crippen molar-refractivity contribution in [3.8, 4) is 11.3 Å². The highest BCUT2D eigenvalue weighted by Crippen LogP contribution is 2.22. The van der Waals surface area contributed by atoms with Gasteiger partial charge in [0.1, 0.15) is 0 Å². The minimum absolute atomic E-state index is 0.391. The number of hydrogen-bond donors (Lipinski definition) is 2. The van der Waals surface area contributed by atoms with Crippen molar-refractivity contribution < 1.29 is 4.79 Å². The van der Waals surface area contributed by atoms with Gasteiger partial charge in [0.15, 0.2) is 0 Å². The highest BCUT2D eigenvalue weighted by molar-refractivity contribution is 5.95. The van der Waals surface area contributed by atoms with Crippen molar-refractivity contribution in [1.29, 1.82) is 0 Å². The Balaban J connectivity index is 2.31. The van der Waals surface area contributed by atoms with Gasteiger partial charge in [0, 0.05) is 11.4 Å². The van der Waals surface area contributed by atoms with E-state index >= 15 is 0 Å². The van der Waals surface area contributed by atoms with E-state index in [0.29, 0.717) is 5.56 Å². The number of amides is 1. The topological polar surface area (TPSA) is 58.9 Å². The number of rotatable bonds is 4. The summed E-state index contributed by atoms with van der Waals surface area (Å²) in [6, 6.07) is 10.2. The van der Waals surface area contributed by atoms with Crippen LogP contribution in [0.3, 0.4) is 0 Å². The van der Waals surface area contributed by atoms with E-state index in [1.807, 2.05) is 13.0 Å². The van der Waals surface area contributed by atoms with Gasteiger partial charge in [0.05, 0.1) is 5.56 Å². The first kappa shape index (κ1) is 12.4. The first-order valence-corrected chi connectivity index (χ1v) is 6.20. The summed E-state index contributed by atoms with van der Waals surface area (Å²) in [4.78, 5) is 14.4. The second-order valence-corrected chi connectivity index (χ2v) is 4.53. The number of benzene rings is 1. The Bertz CT molecular complexity index is 552. The summed E-state index contributed by atoms with van der Waals surface area (Å²) in [5.41, 5.74) is 10.0. The third-order valence-electron chi connectivity index (χ3n) is 3.08. The zero-order valence-corrected chi connectivity index (χ0v) is 10.8. The normalized spacial score (nSPS) is 10.6. The lowest BCUT2D eigenvalue weighted by molar-refractivity contribution is 0.1000. The Morgan fingerprint density at radius 2 is 1.94 bits per heavy atom. The molecule has 0 bridgehead atoms. The molecule has 3 heteroatoms. The van der Waals surface area contributed by atoms with Crippen molar-refractivity contribution in [3.05, 3.63) is 47.2 Å². The van der Waals surface area contributed by atoms with Gasteiger partial charge >= 0.3 is 0 Å². The average Bonchev–Trinajstić information content (AvgIpc) is 2.73. The Labute approximate surface area is 107 Å². The van der Waals surface area contributed by atoms with Gasteiger partial charge in [0.25, 0.3) is 5.91 Å². The van der Waals surface area contributed by atoms with Crippen molar-refractivity contribution in [2.75, 3.05) is 0 Å². The lowest BCUT2D eigenvalue weighted by Crippen LogP contribution is -2.10. The molecule has 0 aliphatic carbocycles. The van der Waals surface area contributed by atoms with Crippen LogP contribution in [0.15, 0.2) is 30.3 Å². The molecule has 0 unspecified atom stereocenters. The number of primary amides is 1. The van der Waals surface area contributed by atoms with Crippen LogP contribution in [0, 0.1) is 6.92 Å². The molecule has 0 atom stereocenters. The van der Waals surface area contributed by atoms with Crippen LogP contribution in [0.1, 0.15) is 35.0 Å². The van der Waals surface area contributed by atoms with E-state index in [4.69, 9.17) is 5.73 Å². The molecule has 18 heavy (non-hydrogen) atoms. The molecule has 3 N–H and O–H groups in total. The molecular weight excluding hydrogens is 224 g/mol. The van der Waals surface area contributed by atoms with Crippen LogP contribution < -0.4 is 5.73 Å². The molecule has 0 saturated carbocycles. The molecule has 0 spiro atoms. The first-order valence-electron chi connectivity index (χ1n) is 6.20. The van der Waals surface area contributed by atoms with Crippen molar-refractivity contribution >= 4 is 5.91 Å². The lowest BCUT2D eigenvalue weighted by atomic mass is 10.1. The molecule has 2 aromatic rings. The molecule has 94 valence electrons. The summed E-state index contributed by atoms with van der Waals surface area (Å²) >= 11 is 0. The van der Waals surface area contributed by atoms with Crippen LogP contribution in [0.25, 0.3) is 11.3 Å². The standard InChI is InChI=1S/C15H18N2O/c1-3-4-11-5-7-12(8-6-11)14-9-13(15(16)18)10(2)17-14/h5-9,17H,3-4H2,1-2H3,(H2,16,18). The summed E-state index contributed by atoms with van der Waals surface area (Å²) in [6.45, 7) is 4.02. The number of carbonyl (C=O) groups is 1. The third-order valence-corrected chi connectivity index (χ3v) is 3.08. The van der Waals surface area contributed by atoms with Gasteiger partial charge in [-0.05, 0) is 30.5 Å². The van der Waals surface area contributed by atoms with E-state index in [2.05, 4.69) is 36.2 Å². The van der Waals surface area contributed by atoms with Gasteiger partial charge in [-0.25, -0.2) is 0 Å². The van der Waals surface area contributed by atoms with Crippen LogP contribution in [0.4, 0.5) is 0 Å². The van der Waals surface area contributed by atoms with E-state index < -0.39 is 5.91 Å². The molecule has 0 aliphatic rings. The molecule has 3 nitrogen and oxygen atoms in total. The molecule has 0 fully saturated rings. The maximum absolute atomic E-state index is 11.2. The SMILES string of the molecule is CCCc1ccc(-c2cc(C(N)=O)c(C)[nH]2)cc1. The molecule has 0 aliphatic heterocycles. The maximum Gasteiger partial charge on any atom is 0.250 e. The van der Waals surface area contributed by atoms with Crippen molar-refractivity contribution in [1.82, 2.24) is 4.98 Å². The third kappa shape index (κ3) is 2.45. The molecule has 0 radical (unpaired) electrons. The molecule has 1 aromatic heterocycles. The van der Waals surface area contributed by atoms with E-state index in [9.17, 15) is 4.79 Å². The minimum atomic E-state index is -0.391. The fourth-order valence-corrected chi connectivity index (χ4v) is 2.11. The number of hydrogen-bond acceptors (Lipinski definition) is 1. The Kier molecular flexibility index (Phi) is 3.51. The van der Waals surface area contributed by atoms with Crippen LogP contribution in [-0.4, -0.2) is 10.9 Å². The Hall–Kier alpha value is -2.03. The number of aromatic amines is 1. The van der Waals surface area contributed by atoms with E-state index in [-0.39, 0.29) is 0 Å². The van der Waals surface area contributed by atoms with Crippen LogP contribution >= 0.6 is 0 Å². The van der Waals surface area contributed by atoms with Crippen molar-refractivity contribution in [2.24, 2.45) is 5.73 Å². The Morgan fingerprint density at radius 3 is 2.44 bits per heavy atom. The van der Waals surface area contributed by atoms with E-state index in [0.717, 1.165) is 29.8 Å². The summed E-state index contributed by atoms with van der Waals surface area (Å²) in [7, 11) is 0. The van der Waals surface area contributed by atoms with Crippen LogP contribution in [0.2, 0.25) is 0 Å². The smallest absolute Gasteiger partial charge is 0.250 e. The molecule has 1 aromatic carbocycles. The highest BCUT2D eigenvalue weighted by Gasteiger charge is 2.10. The van der Waals surface area contributed by atoms with Crippen LogP contribution in [0.5, 0.6) is 0 Å². The van der Waals surface area contributed by atoms with E-state index in [1.54, 1.807) is 0 Å². The maximum atomic E-state index is 11.2. The zero-order valence-electron chi connectivity index (χ0n) is 10.8. The first-order chi connectivity index (χ1) is 8.61. The largest absolute Gasteiger partial charge is 0.366 e. The second-order valence-electron chi connectivity index (χ2n) is 4.53. The van der Waals surface area contributed by atoms with Crippen LogP contribution in [-0.2, 0) is 6.42 Å². The average molecular weight is 242 g/mol. The number of aryl methyl sites for hydroxylation is 2. The quantitative estimate of drug-likeness (QED) is 0.850. The minimum Gasteiger partial charge on any atom is -0.366 e. The second kappa shape index (κ2) is 5.08. The number of aromatic nitrogens is 1. The molecule has 1 heterocycles. The fraction of sp³-hybridized carbons (Fsp3) is 0.267. The van der Waals surface area contributed by atoms with Gasteiger partial charge in [-0.3, -0.25) is 4.79 Å². The van der Waals surface area contributed by atoms with Crippen molar-refractivity contribution in [3.63, 3.8) is 0 Å². The van der Waals surface area contributed by atoms with E-state index in [1.165, 1.54) is 5.56 Å². The predicted molar refractivity (Wildman–Crippen MR) is 73.5 cm³/mol. The predicted octanol–water partition coefficient (Wildman–Crippen LogP) is 3.04. The number of nitrogens with one attached hydrogen (secondary N) is 1. The number of H-pyrrole nitrogens is 1. The summed E-state index contributed by atoms with van der Waals surface area (Å²) < 4.78 is 0. The molecule has 2 rings (SSSR count). The van der Waals surface area contributed by atoms with Gasteiger partial charge in [-0.15, -0.1) is 0 Å². The van der Waals surface area contributed by atoms with Gasteiger partial charge in [-0.2, -0.15) is 0 Å².